The molecule has 10 nitrogen and oxygen atoms in total. The number of rotatable bonds is 6. The molecule has 1 N–H and O–H groups in total. The van der Waals surface area contributed by atoms with Crippen molar-refractivity contribution in [2.45, 2.75) is 26.2 Å². The number of non-ortho nitro benzene ring substituents is 1. The fourth-order valence-electron chi connectivity index (χ4n) is 4.61. The molecule has 2 heterocycles. The quantitative estimate of drug-likeness (QED) is 0.501. The molecule has 1 atom stereocenters. The van der Waals surface area contributed by atoms with Crippen molar-refractivity contribution in [2.24, 2.45) is 11.8 Å². The molecule has 2 saturated heterocycles. The number of methoxy groups -OCH3 is 1. The van der Waals surface area contributed by atoms with E-state index in [1.807, 2.05) is 31.2 Å². The van der Waals surface area contributed by atoms with Crippen LogP contribution in [0.1, 0.15) is 24.8 Å². The number of carbonyl (C=O) groups excluding carboxylic acids is 3. The number of nitro benzene ring substituents is 1. The molecule has 0 unspecified atom stereocenters. The molecular weight excluding hydrogens is 452 g/mol. The summed E-state index contributed by atoms with van der Waals surface area (Å²) in [4.78, 5) is 52.4. The molecule has 0 radical (unpaired) electrons. The summed E-state index contributed by atoms with van der Waals surface area (Å²) in [5.41, 5.74) is 1.99. The molecule has 0 aliphatic carbocycles. The van der Waals surface area contributed by atoms with E-state index in [2.05, 4.69) is 5.32 Å². The number of carbonyl (C=O) groups is 3. The van der Waals surface area contributed by atoms with E-state index in [0.717, 1.165) is 11.3 Å². The number of amides is 3. The van der Waals surface area contributed by atoms with E-state index in [4.69, 9.17) is 4.74 Å². The zero-order valence-corrected chi connectivity index (χ0v) is 19.7. The predicted octanol–water partition coefficient (Wildman–Crippen LogP) is 3.14. The van der Waals surface area contributed by atoms with Gasteiger partial charge in [-0.1, -0.05) is 17.7 Å². The van der Waals surface area contributed by atoms with Gasteiger partial charge in [0, 0.05) is 49.8 Å². The summed E-state index contributed by atoms with van der Waals surface area (Å²) in [6, 6.07) is 11.7. The van der Waals surface area contributed by atoms with Gasteiger partial charge in [0.25, 0.3) is 5.69 Å². The highest BCUT2D eigenvalue weighted by Crippen LogP contribution is 2.31. The number of ether oxygens (including phenoxy) is 1. The van der Waals surface area contributed by atoms with Crippen LogP contribution in [0.2, 0.25) is 0 Å². The molecule has 2 aromatic rings. The van der Waals surface area contributed by atoms with Gasteiger partial charge in [-0.15, -0.1) is 0 Å². The molecule has 3 amide bonds. The Hall–Kier alpha value is -3.95. The van der Waals surface area contributed by atoms with Gasteiger partial charge in [0.2, 0.25) is 17.7 Å². The lowest BCUT2D eigenvalue weighted by molar-refractivity contribution is -0.384. The van der Waals surface area contributed by atoms with Crippen molar-refractivity contribution in [3.05, 3.63) is 58.1 Å². The van der Waals surface area contributed by atoms with Crippen LogP contribution in [0.5, 0.6) is 5.75 Å². The summed E-state index contributed by atoms with van der Waals surface area (Å²) in [5.74, 6) is -0.793. The third-order valence-corrected chi connectivity index (χ3v) is 6.65. The predicted molar refractivity (Wildman–Crippen MR) is 129 cm³/mol. The summed E-state index contributed by atoms with van der Waals surface area (Å²) in [6.45, 7) is 3.16. The van der Waals surface area contributed by atoms with Gasteiger partial charge in [0.1, 0.15) is 5.75 Å². The second kappa shape index (κ2) is 10.1. The van der Waals surface area contributed by atoms with Crippen molar-refractivity contribution >= 4 is 34.8 Å². The second-order valence-electron chi connectivity index (χ2n) is 8.97. The Bertz CT molecular complexity index is 1140. The van der Waals surface area contributed by atoms with Crippen LogP contribution in [-0.2, 0) is 14.4 Å². The maximum absolute atomic E-state index is 13.1. The molecule has 2 fully saturated rings. The number of benzene rings is 2. The zero-order chi connectivity index (χ0) is 25.1. The highest BCUT2D eigenvalue weighted by atomic mass is 16.6. The van der Waals surface area contributed by atoms with Crippen LogP contribution in [0, 0.1) is 28.9 Å². The maximum Gasteiger partial charge on any atom is 0.271 e. The van der Waals surface area contributed by atoms with Gasteiger partial charge in [-0.05, 0) is 38.0 Å². The number of hydrogen-bond donors (Lipinski definition) is 1. The molecule has 0 bridgehead atoms. The number of nitrogens with one attached hydrogen (secondary N) is 1. The number of hydrogen-bond acceptors (Lipinski definition) is 6. The van der Waals surface area contributed by atoms with Crippen LogP contribution >= 0.6 is 0 Å². The van der Waals surface area contributed by atoms with Crippen molar-refractivity contribution in [1.82, 2.24) is 4.90 Å². The van der Waals surface area contributed by atoms with Crippen LogP contribution in [0.25, 0.3) is 0 Å². The smallest absolute Gasteiger partial charge is 0.271 e. The van der Waals surface area contributed by atoms with Gasteiger partial charge in [0.15, 0.2) is 0 Å². The number of nitrogens with zero attached hydrogens (tertiary/aromatic N) is 3. The van der Waals surface area contributed by atoms with E-state index < -0.39 is 10.8 Å². The molecule has 0 saturated carbocycles. The van der Waals surface area contributed by atoms with Gasteiger partial charge in [0.05, 0.1) is 23.6 Å². The lowest BCUT2D eigenvalue weighted by atomic mass is 9.94. The molecule has 2 aliphatic rings. The highest BCUT2D eigenvalue weighted by molar-refractivity contribution is 6.00. The lowest BCUT2D eigenvalue weighted by Crippen LogP contribution is -2.44. The SMILES string of the molecule is COc1ccc([N+](=O)[O-])cc1NC(=O)C1CCN(C(=O)[C@H]2CC(=O)N(c3ccc(C)cc3)C2)CC1. The molecule has 0 aromatic heterocycles. The Morgan fingerprint density at radius 1 is 1.09 bits per heavy atom. The first-order chi connectivity index (χ1) is 16.8. The van der Waals surface area contributed by atoms with Gasteiger partial charge in [-0.2, -0.15) is 0 Å². The van der Waals surface area contributed by atoms with E-state index in [9.17, 15) is 24.5 Å². The van der Waals surface area contributed by atoms with Crippen LogP contribution in [0.3, 0.4) is 0 Å². The minimum Gasteiger partial charge on any atom is -0.495 e. The van der Waals surface area contributed by atoms with Gasteiger partial charge < -0.3 is 19.9 Å². The summed E-state index contributed by atoms with van der Waals surface area (Å²) in [6.07, 6.45) is 1.12. The fraction of sp³-hybridized carbons (Fsp3) is 0.400. The van der Waals surface area contributed by atoms with Crippen molar-refractivity contribution in [3.8, 4) is 5.75 Å². The Labute approximate surface area is 203 Å². The average molecular weight is 481 g/mol. The van der Waals surface area contributed by atoms with Crippen molar-refractivity contribution in [2.75, 3.05) is 37.0 Å². The highest BCUT2D eigenvalue weighted by Gasteiger charge is 2.38. The lowest BCUT2D eigenvalue weighted by Gasteiger charge is -2.33. The van der Waals surface area contributed by atoms with Crippen molar-refractivity contribution in [1.29, 1.82) is 0 Å². The molecule has 35 heavy (non-hydrogen) atoms. The Balaban J connectivity index is 1.33. The van der Waals surface area contributed by atoms with E-state index in [-0.39, 0.29) is 41.4 Å². The number of likely N-dealkylation sites (tertiary alicyclic amines) is 1. The number of nitro groups is 1. The Morgan fingerprint density at radius 3 is 2.40 bits per heavy atom. The van der Waals surface area contributed by atoms with Crippen LogP contribution in [0.4, 0.5) is 17.1 Å². The van der Waals surface area contributed by atoms with Crippen molar-refractivity contribution < 1.29 is 24.0 Å². The number of aryl methyl sites for hydroxylation is 1. The fourth-order valence-corrected chi connectivity index (χ4v) is 4.61. The largest absolute Gasteiger partial charge is 0.495 e. The Kier molecular flexibility index (Phi) is 6.99. The van der Waals surface area contributed by atoms with E-state index in [1.54, 1.807) is 9.80 Å². The van der Waals surface area contributed by atoms with Crippen molar-refractivity contribution in [3.63, 3.8) is 0 Å². The van der Waals surface area contributed by atoms with E-state index in [0.29, 0.717) is 38.2 Å². The number of piperidine rings is 1. The van der Waals surface area contributed by atoms with Gasteiger partial charge >= 0.3 is 0 Å². The molecule has 2 aliphatic heterocycles. The third-order valence-electron chi connectivity index (χ3n) is 6.65. The van der Waals surface area contributed by atoms with E-state index >= 15 is 0 Å². The standard InChI is InChI=1S/C25H28N4O6/c1-16-3-5-19(6-4-16)28-15-18(13-23(28)30)25(32)27-11-9-17(10-12-27)24(31)26-21-14-20(29(33)34)7-8-22(21)35-2/h3-8,14,17-18H,9-13,15H2,1-2H3,(H,26,31)/t18-/m0/s1. The minimum absolute atomic E-state index is 0.0626. The molecule has 2 aromatic carbocycles. The van der Waals surface area contributed by atoms with E-state index in [1.165, 1.54) is 25.3 Å². The van der Waals surface area contributed by atoms with Crippen LogP contribution in [0.15, 0.2) is 42.5 Å². The number of anilines is 2. The first kappa shape index (κ1) is 24.2. The molecule has 4 rings (SSSR count). The Morgan fingerprint density at radius 2 is 1.77 bits per heavy atom. The average Bonchev–Trinajstić information content (AvgIpc) is 3.25. The minimum atomic E-state index is -0.535. The summed E-state index contributed by atoms with van der Waals surface area (Å²) >= 11 is 0. The van der Waals surface area contributed by atoms with Crippen LogP contribution < -0.4 is 15.0 Å². The van der Waals surface area contributed by atoms with Gasteiger partial charge in [-0.3, -0.25) is 24.5 Å². The first-order valence-corrected chi connectivity index (χ1v) is 11.6. The second-order valence-corrected chi connectivity index (χ2v) is 8.97. The summed E-state index contributed by atoms with van der Waals surface area (Å²) < 4.78 is 5.21. The maximum atomic E-state index is 13.1. The normalized spacial score (nSPS) is 18.5. The molecule has 184 valence electrons. The molecular formula is C25H28N4O6. The zero-order valence-electron chi connectivity index (χ0n) is 19.7. The third kappa shape index (κ3) is 5.26. The molecule has 0 spiro atoms. The summed E-state index contributed by atoms with van der Waals surface area (Å²) in [5, 5.41) is 13.8. The first-order valence-electron chi connectivity index (χ1n) is 11.6. The topological polar surface area (TPSA) is 122 Å². The molecule has 10 heteroatoms. The monoisotopic (exact) mass is 480 g/mol. The summed E-state index contributed by atoms with van der Waals surface area (Å²) in [7, 11) is 1.43. The van der Waals surface area contributed by atoms with Gasteiger partial charge in [-0.25, -0.2) is 0 Å². The van der Waals surface area contributed by atoms with Crippen LogP contribution in [-0.4, -0.2) is 54.3 Å².